The summed E-state index contributed by atoms with van der Waals surface area (Å²) in [6.07, 6.45) is 3.22. The zero-order chi connectivity index (χ0) is 11.8. The number of halogens is 2. The molecule has 16 heavy (non-hydrogen) atoms. The van der Waals surface area contributed by atoms with Gasteiger partial charge in [-0.15, -0.1) is 0 Å². The maximum absolute atomic E-state index is 13.5. The lowest BCUT2D eigenvalue weighted by Crippen LogP contribution is -2.33. The molecule has 0 atom stereocenters. The topological polar surface area (TPSA) is 49.7 Å². The molecule has 0 saturated heterocycles. The van der Waals surface area contributed by atoms with E-state index in [2.05, 4.69) is 4.99 Å². The fraction of sp³-hybridized carbons (Fsp3) is 0.364. The van der Waals surface area contributed by atoms with Crippen molar-refractivity contribution in [2.24, 2.45) is 4.99 Å². The Morgan fingerprint density at radius 3 is 2.50 bits per heavy atom. The molecule has 1 fully saturated rings. The molecule has 0 bridgehead atoms. The number of hydrogen-bond donors (Lipinski definition) is 1. The third-order valence-electron chi connectivity index (χ3n) is 2.98. The Morgan fingerprint density at radius 1 is 1.31 bits per heavy atom. The summed E-state index contributed by atoms with van der Waals surface area (Å²) >= 11 is 0. The number of carbonyl (C=O) groups excluding carboxylic acids is 1. The molecule has 3 nitrogen and oxygen atoms in total. The molecule has 1 saturated carbocycles. The Hall–Kier alpha value is -1.74. The third-order valence-corrected chi connectivity index (χ3v) is 2.98. The van der Waals surface area contributed by atoms with Gasteiger partial charge in [-0.25, -0.2) is 13.6 Å². The summed E-state index contributed by atoms with van der Waals surface area (Å²) in [6.45, 7) is 0. The molecule has 0 amide bonds. The quantitative estimate of drug-likeness (QED) is 0.620. The summed E-state index contributed by atoms with van der Waals surface area (Å²) < 4.78 is 26.4. The van der Waals surface area contributed by atoms with Gasteiger partial charge < -0.3 is 5.11 Å². The second-order valence-corrected chi connectivity index (χ2v) is 3.87. The maximum Gasteiger partial charge on any atom is 0.235 e. The van der Waals surface area contributed by atoms with Crippen LogP contribution in [-0.4, -0.2) is 11.2 Å². The van der Waals surface area contributed by atoms with Crippen LogP contribution < -0.4 is 0 Å². The second-order valence-electron chi connectivity index (χ2n) is 3.87. The van der Waals surface area contributed by atoms with Crippen LogP contribution in [0.2, 0.25) is 0 Å². The molecule has 0 unspecified atom stereocenters. The molecule has 1 N–H and O–H groups in total. The van der Waals surface area contributed by atoms with Crippen molar-refractivity contribution in [1.29, 1.82) is 0 Å². The maximum atomic E-state index is 13.5. The lowest BCUT2D eigenvalue weighted by Gasteiger charge is -2.37. The predicted molar refractivity (Wildman–Crippen MR) is 51.7 cm³/mol. The molecule has 0 aromatic heterocycles. The predicted octanol–water partition coefficient (Wildman–Crippen LogP) is 2.39. The van der Waals surface area contributed by atoms with Gasteiger partial charge in [0.15, 0.2) is 11.6 Å². The van der Waals surface area contributed by atoms with Crippen molar-refractivity contribution < 1.29 is 18.7 Å². The molecule has 0 aliphatic heterocycles. The Bertz CT molecular complexity index is 477. The standard InChI is InChI=1S/C11H9F2NO2/c12-8-5-9(13)10(16)4-7(8)11(14-6-15)2-1-3-11/h4-5,16H,1-3H2. The lowest BCUT2D eigenvalue weighted by molar-refractivity contribution is 0.245. The van der Waals surface area contributed by atoms with Gasteiger partial charge in [-0.05, 0) is 25.3 Å². The van der Waals surface area contributed by atoms with Gasteiger partial charge in [-0.2, -0.15) is 4.99 Å². The molecule has 2 rings (SSSR count). The fourth-order valence-corrected chi connectivity index (χ4v) is 1.93. The van der Waals surface area contributed by atoms with E-state index in [1.807, 2.05) is 0 Å². The Balaban J connectivity index is 2.54. The van der Waals surface area contributed by atoms with Crippen molar-refractivity contribution in [1.82, 2.24) is 0 Å². The number of phenols is 1. The summed E-state index contributed by atoms with van der Waals surface area (Å²) in [5.74, 6) is -2.46. The number of isocyanates is 1. The van der Waals surface area contributed by atoms with E-state index < -0.39 is 22.9 Å². The fourth-order valence-electron chi connectivity index (χ4n) is 1.93. The molecule has 1 aliphatic carbocycles. The van der Waals surface area contributed by atoms with Crippen LogP contribution in [-0.2, 0) is 10.3 Å². The van der Waals surface area contributed by atoms with E-state index >= 15 is 0 Å². The molecule has 84 valence electrons. The van der Waals surface area contributed by atoms with Crippen molar-refractivity contribution in [3.05, 3.63) is 29.3 Å². The van der Waals surface area contributed by atoms with Gasteiger partial charge in [-0.1, -0.05) is 0 Å². The largest absolute Gasteiger partial charge is 0.505 e. The smallest absolute Gasteiger partial charge is 0.235 e. The SMILES string of the molecule is O=C=NC1(c2cc(O)c(F)cc2F)CCC1. The van der Waals surface area contributed by atoms with Crippen LogP contribution in [0, 0.1) is 11.6 Å². The monoisotopic (exact) mass is 225 g/mol. The van der Waals surface area contributed by atoms with Gasteiger partial charge in [0.25, 0.3) is 0 Å². The van der Waals surface area contributed by atoms with E-state index in [1.54, 1.807) is 0 Å². The van der Waals surface area contributed by atoms with Gasteiger partial charge in [0.1, 0.15) is 11.4 Å². The number of benzene rings is 1. The summed E-state index contributed by atoms with van der Waals surface area (Å²) in [5, 5.41) is 9.19. The van der Waals surface area contributed by atoms with Crippen LogP contribution in [0.5, 0.6) is 5.75 Å². The number of nitrogens with zero attached hydrogens (tertiary/aromatic N) is 1. The van der Waals surface area contributed by atoms with E-state index in [0.717, 1.165) is 12.5 Å². The molecule has 1 aliphatic rings. The highest BCUT2D eigenvalue weighted by Crippen LogP contribution is 2.46. The van der Waals surface area contributed by atoms with E-state index in [-0.39, 0.29) is 5.56 Å². The van der Waals surface area contributed by atoms with Crippen molar-refractivity contribution in [2.75, 3.05) is 0 Å². The molecule has 0 heterocycles. The van der Waals surface area contributed by atoms with Crippen LogP contribution in [0.25, 0.3) is 0 Å². The zero-order valence-electron chi connectivity index (χ0n) is 8.33. The highest BCUT2D eigenvalue weighted by atomic mass is 19.1. The van der Waals surface area contributed by atoms with Gasteiger partial charge >= 0.3 is 0 Å². The minimum Gasteiger partial charge on any atom is -0.505 e. The first kappa shape index (κ1) is 10.8. The van der Waals surface area contributed by atoms with Crippen LogP contribution in [0.1, 0.15) is 24.8 Å². The van der Waals surface area contributed by atoms with E-state index in [4.69, 9.17) is 0 Å². The molecular weight excluding hydrogens is 216 g/mol. The summed E-state index contributed by atoms with van der Waals surface area (Å²) in [4.78, 5) is 13.9. The first-order valence-electron chi connectivity index (χ1n) is 4.86. The van der Waals surface area contributed by atoms with Gasteiger partial charge in [0.05, 0.1) is 0 Å². The van der Waals surface area contributed by atoms with Crippen molar-refractivity contribution >= 4 is 6.08 Å². The number of rotatable bonds is 2. The number of phenolic OH excluding ortho intramolecular Hbond substituents is 1. The second kappa shape index (κ2) is 3.68. The van der Waals surface area contributed by atoms with Gasteiger partial charge in [-0.3, -0.25) is 0 Å². The molecule has 0 spiro atoms. The number of aromatic hydroxyl groups is 1. The molecule has 1 aromatic rings. The van der Waals surface area contributed by atoms with Gasteiger partial charge in [0.2, 0.25) is 6.08 Å². The third kappa shape index (κ3) is 1.49. The Kier molecular flexibility index (Phi) is 2.48. The molecular formula is C11H9F2NO2. The summed E-state index contributed by atoms with van der Waals surface area (Å²) in [7, 11) is 0. The summed E-state index contributed by atoms with van der Waals surface area (Å²) in [6, 6.07) is 1.59. The zero-order valence-corrected chi connectivity index (χ0v) is 8.33. The summed E-state index contributed by atoms with van der Waals surface area (Å²) in [5.41, 5.74) is -0.905. The number of aliphatic imine (C=N–C) groups is 1. The van der Waals surface area contributed by atoms with Crippen molar-refractivity contribution in [2.45, 2.75) is 24.8 Å². The van der Waals surface area contributed by atoms with Crippen molar-refractivity contribution in [3.8, 4) is 5.75 Å². The molecule has 5 heteroatoms. The Labute approximate surface area is 90.4 Å². The van der Waals surface area contributed by atoms with E-state index in [9.17, 15) is 18.7 Å². The van der Waals surface area contributed by atoms with Crippen LogP contribution >= 0.6 is 0 Å². The Morgan fingerprint density at radius 2 is 2.00 bits per heavy atom. The minimum atomic E-state index is -1.02. The van der Waals surface area contributed by atoms with E-state index in [1.165, 1.54) is 6.08 Å². The van der Waals surface area contributed by atoms with Crippen LogP contribution in [0.4, 0.5) is 8.78 Å². The molecule has 1 aromatic carbocycles. The first-order valence-corrected chi connectivity index (χ1v) is 4.86. The minimum absolute atomic E-state index is 0.0565. The average Bonchev–Trinajstić information content (AvgIpc) is 2.18. The highest BCUT2D eigenvalue weighted by molar-refractivity contribution is 5.42. The number of hydrogen-bond acceptors (Lipinski definition) is 3. The first-order chi connectivity index (χ1) is 7.59. The molecule has 0 radical (unpaired) electrons. The normalized spacial score (nSPS) is 17.4. The van der Waals surface area contributed by atoms with Crippen LogP contribution in [0.3, 0.4) is 0 Å². The van der Waals surface area contributed by atoms with E-state index in [0.29, 0.717) is 18.9 Å². The van der Waals surface area contributed by atoms with Crippen LogP contribution in [0.15, 0.2) is 17.1 Å². The lowest BCUT2D eigenvalue weighted by atomic mass is 9.72. The van der Waals surface area contributed by atoms with Gasteiger partial charge in [0, 0.05) is 11.6 Å². The average molecular weight is 225 g/mol. The van der Waals surface area contributed by atoms with Crippen molar-refractivity contribution in [3.63, 3.8) is 0 Å². The highest BCUT2D eigenvalue weighted by Gasteiger charge is 2.41.